The normalized spacial score (nSPS) is 12.4. The minimum absolute atomic E-state index is 0. The highest BCUT2D eigenvalue weighted by molar-refractivity contribution is 9.10. The summed E-state index contributed by atoms with van der Waals surface area (Å²) in [6.07, 6.45) is 5.12. The van der Waals surface area contributed by atoms with E-state index in [1.165, 1.54) is 10.9 Å². The van der Waals surface area contributed by atoms with Crippen molar-refractivity contribution in [2.45, 2.75) is 25.3 Å². The summed E-state index contributed by atoms with van der Waals surface area (Å²) in [6.45, 7) is 0.742. The first-order valence-corrected chi connectivity index (χ1v) is 6.74. The molecule has 100 valence electrons. The van der Waals surface area contributed by atoms with Crippen molar-refractivity contribution < 1.29 is 0 Å². The zero-order valence-corrected chi connectivity index (χ0v) is 12.6. The molecule has 0 aliphatic carbocycles. The van der Waals surface area contributed by atoms with Gasteiger partial charge in [-0.2, -0.15) is 0 Å². The molecule has 18 heavy (non-hydrogen) atoms. The Morgan fingerprint density at radius 2 is 2.06 bits per heavy atom. The molecule has 0 saturated heterocycles. The molecule has 2 rings (SSSR count). The van der Waals surface area contributed by atoms with Crippen molar-refractivity contribution in [2.24, 2.45) is 11.5 Å². The van der Waals surface area contributed by atoms with E-state index in [1.807, 2.05) is 12.3 Å². The Bertz CT molecular complexity index is 498. The number of nitrogens with one attached hydrogen (secondary N) is 1. The van der Waals surface area contributed by atoms with Gasteiger partial charge >= 0.3 is 0 Å². The summed E-state index contributed by atoms with van der Waals surface area (Å²) < 4.78 is 1.08. The fourth-order valence-electron chi connectivity index (χ4n) is 2.09. The average molecular weight is 333 g/mol. The summed E-state index contributed by atoms with van der Waals surface area (Å²) in [5.41, 5.74) is 14.0. The molecule has 0 fully saturated rings. The van der Waals surface area contributed by atoms with Gasteiger partial charge in [0.2, 0.25) is 0 Å². The van der Waals surface area contributed by atoms with Crippen LogP contribution < -0.4 is 11.5 Å². The first-order valence-electron chi connectivity index (χ1n) is 5.94. The van der Waals surface area contributed by atoms with Gasteiger partial charge in [0.25, 0.3) is 0 Å². The third-order valence-corrected chi connectivity index (χ3v) is 3.54. The molecule has 5 N–H and O–H groups in total. The molecule has 0 bridgehead atoms. The molecule has 3 nitrogen and oxygen atoms in total. The second kappa shape index (κ2) is 7.14. The van der Waals surface area contributed by atoms with Crippen LogP contribution in [0.15, 0.2) is 28.9 Å². The van der Waals surface area contributed by atoms with Gasteiger partial charge in [0.15, 0.2) is 0 Å². The van der Waals surface area contributed by atoms with Gasteiger partial charge in [0.05, 0.1) is 0 Å². The highest BCUT2D eigenvalue weighted by Crippen LogP contribution is 2.28. The van der Waals surface area contributed by atoms with E-state index >= 15 is 0 Å². The van der Waals surface area contributed by atoms with Gasteiger partial charge < -0.3 is 16.5 Å². The second-order valence-electron chi connectivity index (χ2n) is 4.32. The lowest BCUT2D eigenvalue weighted by Gasteiger charge is -2.10. The third kappa shape index (κ3) is 3.48. The summed E-state index contributed by atoms with van der Waals surface area (Å²) in [5, 5.41) is 1.21. The van der Waals surface area contributed by atoms with Gasteiger partial charge in [0.1, 0.15) is 0 Å². The lowest BCUT2D eigenvalue weighted by Crippen LogP contribution is -2.10. The summed E-state index contributed by atoms with van der Waals surface area (Å²) in [6, 6.07) is 6.30. The number of unbranched alkanes of at least 4 members (excludes halogenated alkanes) is 1. The fourth-order valence-corrected chi connectivity index (χ4v) is 2.45. The Labute approximate surface area is 122 Å². The van der Waals surface area contributed by atoms with Crippen LogP contribution in [0.3, 0.4) is 0 Å². The number of halogens is 2. The van der Waals surface area contributed by atoms with Gasteiger partial charge in [-0.05, 0) is 43.1 Å². The van der Waals surface area contributed by atoms with Crippen molar-refractivity contribution in [1.29, 1.82) is 0 Å². The van der Waals surface area contributed by atoms with Crippen LogP contribution in [0.5, 0.6) is 0 Å². The number of rotatable bonds is 5. The Kier molecular flexibility index (Phi) is 6.15. The minimum atomic E-state index is 0. The Balaban J connectivity index is 0.00000162. The second-order valence-corrected chi connectivity index (χ2v) is 5.24. The highest BCUT2D eigenvalue weighted by Gasteiger charge is 2.11. The molecule has 1 aromatic heterocycles. The van der Waals surface area contributed by atoms with E-state index in [0.29, 0.717) is 0 Å². The molecule has 0 radical (unpaired) electrons. The van der Waals surface area contributed by atoms with Crippen molar-refractivity contribution in [3.63, 3.8) is 0 Å². The van der Waals surface area contributed by atoms with Crippen molar-refractivity contribution in [2.75, 3.05) is 6.54 Å². The summed E-state index contributed by atoms with van der Waals surface area (Å²) >= 11 is 3.49. The van der Waals surface area contributed by atoms with Crippen LogP contribution in [0, 0.1) is 0 Å². The Hall–Kier alpha value is -0.550. The number of hydrogen-bond acceptors (Lipinski definition) is 2. The van der Waals surface area contributed by atoms with E-state index in [2.05, 4.69) is 33.0 Å². The molecule has 0 spiro atoms. The molecule has 0 unspecified atom stereocenters. The number of aromatic nitrogens is 1. The van der Waals surface area contributed by atoms with Crippen LogP contribution in [0.25, 0.3) is 10.9 Å². The average Bonchev–Trinajstić information content (AvgIpc) is 2.72. The largest absolute Gasteiger partial charge is 0.361 e. The zero-order chi connectivity index (χ0) is 12.3. The maximum Gasteiger partial charge on any atom is 0.0458 e. The van der Waals surface area contributed by atoms with E-state index in [9.17, 15) is 0 Å². The molecule has 1 aromatic carbocycles. The van der Waals surface area contributed by atoms with Crippen LogP contribution in [-0.2, 0) is 0 Å². The lowest BCUT2D eigenvalue weighted by molar-refractivity contribution is 0.594. The van der Waals surface area contributed by atoms with E-state index in [4.69, 9.17) is 11.5 Å². The molecular formula is C13H19BrClN3. The topological polar surface area (TPSA) is 67.8 Å². The number of H-pyrrole nitrogens is 1. The van der Waals surface area contributed by atoms with Gasteiger partial charge in [-0.1, -0.05) is 22.4 Å². The predicted octanol–water partition coefficient (Wildman–Crippen LogP) is 3.48. The van der Waals surface area contributed by atoms with Crippen molar-refractivity contribution in [1.82, 2.24) is 4.98 Å². The SMILES string of the molecule is Cl.NCCCC[C@H](N)c1c[nH]c2ccc(Br)cc12. The van der Waals surface area contributed by atoms with Crippen LogP contribution in [0.2, 0.25) is 0 Å². The summed E-state index contributed by atoms with van der Waals surface area (Å²) in [4.78, 5) is 3.26. The number of benzene rings is 1. The number of nitrogens with two attached hydrogens (primary N) is 2. The maximum absolute atomic E-state index is 6.22. The van der Waals surface area contributed by atoms with Gasteiger partial charge in [-0.15, -0.1) is 12.4 Å². The first-order chi connectivity index (χ1) is 8.22. The van der Waals surface area contributed by atoms with Crippen molar-refractivity contribution in [3.05, 3.63) is 34.4 Å². The Morgan fingerprint density at radius 1 is 1.28 bits per heavy atom. The van der Waals surface area contributed by atoms with Crippen molar-refractivity contribution in [3.8, 4) is 0 Å². The van der Waals surface area contributed by atoms with Gasteiger partial charge in [-0.25, -0.2) is 0 Å². The highest BCUT2D eigenvalue weighted by atomic mass is 79.9. The smallest absolute Gasteiger partial charge is 0.0458 e. The van der Waals surface area contributed by atoms with E-state index in [0.717, 1.165) is 35.8 Å². The quantitative estimate of drug-likeness (QED) is 0.734. The molecule has 0 saturated carbocycles. The number of fused-ring (bicyclic) bond motifs is 1. The summed E-state index contributed by atoms with van der Waals surface area (Å²) in [5.74, 6) is 0. The Morgan fingerprint density at radius 3 is 2.78 bits per heavy atom. The van der Waals surface area contributed by atoms with Crippen LogP contribution in [0.1, 0.15) is 30.9 Å². The first kappa shape index (κ1) is 15.5. The van der Waals surface area contributed by atoms with Crippen LogP contribution in [-0.4, -0.2) is 11.5 Å². The van der Waals surface area contributed by atoms with Crippen LogP contribution >= 0.6 is 28.3 Å². The number of aromatic amines is 1. The molecule has 1 atom stereocenters. The molecule has 0 aliphatic heterocycles. The van der Waals surface area contributed by atoms with E-state index < -0.39 is 0 Å². The van der Waals surface area contributed by atoms with E-state index in [1.54, 1.807) is 0 Å². The van der Waals surface area contributed by atoms with Gasteiger partial charge in [-0.3, -0.25) is 0 Å². The minimum Gasteiger partial charge on any atom is -0.361 e. The van der Waals surface area contributed by atoms with Crippen LogP contribution in [0.4, 0.5) is 0 Å². The number of hydrogen-bond donors (Lipinski definition) is 3. The maximum atomic E-state index is 6.22. The molecule has 0 aliphatic rings. The fraction of sp³-hybridized carbons (Fsp3) is 0.385. The predicted molar refractivity (Wildman–Crippen MR) is 83.1 cm³/mol. The molecule has 0 amide bonds. The lowest BCUT2D eigenvalue weighted by atomic mass is 10.0. The molecular weight excluding hydrogens is 314 g/mol. The van der Waals surface area contributed by atoms with E-state index in [-0.39, 0.29) is 18.4 Å². The molecule has 2 aromatic rings. The third-order valence-electron chi connectivity index (χ3n) is 3.04. The molecule has 1 heterocycles. The standard InChI is InChI=1S/C13H18BrN3.ClH/c14-9-4-5-13-10(7-9)11(8-17-13)12(16)3-1-2-6-15;/h4-5,7-8,12,17H,1-3,6,15-16H2;1H/t12-;/m0./s1. The molecule has 5 heteroatoms. The zero-order valence-electron chi connectivity index (χ0n) is 10.2. The van der Waals surface area contributed by atoms with Crippen molar-refractivity contribution >= 4 is 39.2 Å². The van der Waals surface area contributed by atoms with Gasteiger partial charge in [0, 0.05) is 27.6 Å². The summed E-state index contributed by atoms with van der Waals surface area (Å²) in [7, 11) is 0. The monoisotopic (exact) mass is 331 g/mol.